The molecule has 1 atom stereocenters. The van der Waals surface area contributed by atoms with Gasteiger partial charge in [-0.1, -0.05) is 34.7 Å². The average Bonchev–Trinajstić information content (AvgIpc) is 3.57. The third kappa shape index (κ3) is 6.12. The molecule has 6 aromatic heterocycles. The van der Waals surface area contributed by atoms with Crippen molar-refractivity contribution in [1.82, 2.24) is 59.9 Å². The third-order valence-corrected chi connectivity index (χ3v) is 9.97. The maximum atomic E-state index is 11.5. The largest absolute Gasteiger partial charge is 0.368 e. The number of anilines is 2. The maximum absolute atomic E-state index is 11.5. The number of rotatable bonds is 6. The lowest BCUT2D eigenvalue weighted by Crippen LogP contribution is -2.24. The number of hydrogen-bond donors (Lipinski definition) is 0. The first-order valence-corrected chi connectivity index (χ1v) is 17.5. The number of epoxide rings is 1. The monoisotopic (exact) mass is 704 g/mol. The van der Waals surface area contributed by atoms with Gasteiger partial charge in [0.15, 0.2) is 17.1 Å². The molecule has 0 amide bonds. The van der Waals surface area contributed by atoms with Gasteiger partial charge in [0.1, 0.15) is 17.2 Å². The third-order valence-electron chi connectivity index (χ3n) is 9.97. The zero-order chi connectivity index (χ0) is 35.4. The van der Waals surface area contributed by atoms with Gasteiger partial charge in [0, 0.05) is 42.7 Å². The van der Waals surface area contributed by atoms with Crippen LogP contribution in [0.4, 0.5) is 11.6 Å². The summed E-state index contributed by atoms with van der Waals surface area (Å²) in [6, 6.07) is 20.3. The molecule has 2 aromatic carbocycles. The minimum absolute atomic E-state index is 0.0638. The molecule has 1 unspecified atom stereocenters. The van der Waals surface area contributed by atoms with Crippen LogP contribution in [0.3, 0.4) is 0 Å². The Morgan fingerprint density at radius 1 is 0.698 bits per heavy atom. The molecule has 262 valence electrons. The molecular formula is C37H32N14O2. The number of Topliss-reactive ketones (excluding diaryl/α,β-unsaturated/α-hetero) is 1. The first kappa shape index (κ1) is 31.2. The lowest BCUT2D eigenvalue weighted by atomic mass is 10.1. The van der Waals surface area contributed by atoms with Gasteiger partial charge in [-0.25, -0.2) is 29.3 Å². The number of hydrogen-bond acceptors (Lipinski definition) is 14. The quantitative estimate of drug-likeness (QED) is 0.230. The zero-order valence-corrected chi connectivity index (χ0v) is 28.5. The van der Waals surface area contributed by atoms with Gasteiger partial charge >= 0.3 is 0 Å². The standard InChI is InChI=1S/C19H17N7O.C18H15N7O/c1-2-14-8-13(3-4-15(14)20-6-1)10-26-18-17(23-24-26)21-9-16(22-18)25-7-5-19(11-25)12-27-19;26-14-5-7-24(11-14)16-9-20-17-18(21-16)25(23-22-17)10-12-3-4-15-13(8-12)2-1-6-19-15/h1-4,6,8-9H,5,7,10-12H2;1-4,6,8-9H,5,7,10-11H2. The summed E-state index contributed by atoms with van der Waals surface area (Å²) < 4.78 is 9.14. The molecular weight excluding hydrogens is 673 g/mol. The Morgan fingerprint density at radius 3 is 1.81 bits per heavy atom. The molecule has 3 aliphatic heterocycles. The highest BCUT2D eigenvalue weighted by Gasteiger charge is 2.50. The summed E-state index contributed by atoms with van der Waals surface area (Å²) in [6.45, 7) is 4.88. The van der Waals surface area contributed by atoms with Crippen LogP contribution in [0.5, 0.6) is 0 Å². The number of benzene rings is 2. The van der Waals surface area contributed by atoms with Gasteiger partial charge in [0.2, 0.25) is 11.3 Å². The van der Waals surface area contributed by atoms with E-state index in [0.29, 0.717) is 61.0 Å². The van der Waals surface area contributed by atoms with Crippen molar-refractivity contribution < 1.29 is 9.53 Å². The molecule has 1 spiro atoms. The zero-order valence-electron chi connectivity index (χ0n) is 28.5. The van der Waals surface area contributed by atoms with Gasteiger partial charge in [-0.3, -0.25) is 14.8 Å². The van der Waals surface area contributed by atoms with Crippen LogP contribution in [0, 0.1) is 0 Å². The summed E-state index contributed by atoms with van der Waals surface area (Å²) in [5.41, 5.74) is 6.61. The molecule has 8 aromatic rings. The van der Waals surface area contributed by atoms with Crippen molar-refractivity contribution in [2.75, 3.05) is 42.6 Å². The Hall–Kier alpha value is -6.55. The van der Waals surface area contributed by atoms with E-state index in [4.69, 9.17) is 9.72 Å². The number of pyridine rings is 2. The van der Waals surface area contributed by atoms with Crippen molar-refractivity contribution >= 4 is 61.8 Å². The summed E-state index contributed by atoms with van der Waals surface area (Å²) in [6.07, 6.45) is 8.64. The highest BCUT2D eigenvalue weighted by atomic mass is 16.6. The Bertz CT molecular complexity index is 2670. The van der Waals surface area contributed by atoms with E-state index >= 15 is 0 Å². The van der Waals surface area contributed by atoms with Crippen LogP contribution in [0.25, 0.3) is 44.4 Å². The normalized spacial score (nSPS) is 18.2. The van der Waals surface area contributed by atoms with Crippen LogP contribution < -0.4 is 9.80 Å². The first-order chi connectivity index (χ1) is 26.0. The predicted molar refractivity (Wildman–Crippen MR) is 195 cm³/mol. The molecule has 0 N–H and O–H groups in total. The smallest absolute Gasteiger partial charge is 0.221 e. The lowest BCUT2D eigenvalue weighted by Gasteiger charge is -2.15. The van der Waals surface area contributed by atoms with E-state index < -0.39 is 0 Å². The van der Waals surface area contributed by atoms with E-state index in [-0.39, 0.29) is 11.4 Å². The molecule has 53 heavy (non-hydrogen) atoms. The van der Waals surface area contributed by atoms with Crippen molar-refractivity contribution in [3.8, 4) is 0 Å². The SMILES string of the molecule is O=C1CCN(c2cnc3nnn(Cc4ccc5ncccc5c4)c3n2)C1.c1cnc2ccc(Cn3nnc4ncc(N5CCC6(CO6)C5)nc43)cc2c1. The number of carbonyl (C=O) groups excluding carboxylic acids is 1. The number of aromatic nitrogens is 12. The first-order valence-electron chi connectivity index (χ1n) is 17.5. The number of ketones is 1. The Morgan fingerprint density at radius 2 is 1.28 bits per heavy atom. The predicted octanol–water partition coefficient (Wildman–Crippen LogP) is 3.39. The van der Waals surface area contributed by atoms with Gasteiger partial charge in [-0.15, -0.1) is 10.2 Å². The number of carbonyl (C=O) groups is 1. The van der Waals surface area contributed by atoms with Gasteiger partial charge < -0.3 is 14.5 Å². The van der Waals surface area contributed by atoms with E-state index in [0.717, 1.165) is 64.9 Å². The van der Waals surface area contributed by atoms with Gasteiger partial charge in [-0.05, 0) is 53.9 Å². The number of fused-ring (bicyclic) bond motifs is 4. The number of nitrogens with zero attached hydrogens (tertiary/aromatic N) is 14. The van der Waals surface area contributed by atoms with Crippen LogP contribution >= 0.6 is 0 Å². The van der Waals surface area contributed by atoms with Gasteiger partial charge in [-0.2, -0.15) is 0 Å². The second-order valence-corrected chi connectivity index (χ2v) is 13.7. The fourth-order valence-corrected chi connectivity index (χ4v) is 7.01. The minimum Gasteiger partial charge on any atom is -0.368 e. The van der Waals surface area contributed by atoms with E-state index in [2.05, 4.69) is 74.7 Å². The summed E-state index contributed by atoms with van der Waals surface area (Å²) >= 11 is 0. The highest BCUT2D eigenvalue weighted by Crippen LogP contribution is 2.38. The van der Waals surface area contributed by atoms with Crippen molar-refractivity contribution in [1.29, 1.82) is 0 Å². The number of ether oxygens (including phenoxy) is 1. The molecule has 16 nitrogen and oxygen atoms in total. The van der Waals surface area contributed by atoms with Crippen LogP contribution in [-0.4, -0.2) is 104 Å². The van der Waals surface area contributed by atoms with E-state index in [1.165, 1.54) is 0 Å². The van der Waals surface area contributed by atoms with Gasteiger partial charge in [0.25, 0.3) is 0 Å². The fraction of sp³-hybridized carbons (Fsp3) is 0.270. The second kappa shape index (κ2) is 12.6. The van der Waals surface area contributed by atoms with E-state index in [1.54, 1.807) is 29.5 Å². The van der Waals surface area contributed by atoms with E-state index in [9.17, 15) is 4.79 Å². The highest BCUT2D eigenvalue weighted by molar-refractivity contribution is 5.87. The molecule has 3 aliphatic rings. The second-order valence-electron chi connectivity index (χ2n) is 13.7. The Labute approximate surface area is 301 Å². The van der Waals surface area contributed by atoms with Crippen molar-refractivity contribution in [2.24, 2.45) is 0 Å². The molecule has 0 bridgehead atoms. The molecule has 9 heterocycles. The van der Waals surface area contributed by atoms with Crippen molar-refractivity contribution in [3.63, 3.8) is 0 Å². The Balaban J connectivity index is 0.000000132. The maximum Gasteiger partial charge on any atom is 0.221 e. The average molecular weight is 705 g/mol. The summed E-state index contributed by atoms with van der Waals surface area (Å²) in [7, 11) is 0. The van der Waals surface area contributed by atoms with Crippen molar-refractivity contribution in [3.05, 3.63) is 96.6 Å². The molecule has 3 fully saturated rings. The molecule has 0 radical (unpaired) electrons. The summed E-state index contributed by atoms with van der Waals surface area (Å²) in [5.74, 6) is 1.78. The minimum atomic E-state index is 0.0638. The van der Waals surface area contributed by atoms with Crippen LogP contribution in [-0.2, 0) is 22.6 Å². The molecule has 11 rings (SSSR count). The molecule has 16 heteroatoms. The van der Waals surface area contributed by atoms with Crippen LogP contribution in [0.15, 0.2) is 85.5 Å². The molecule has 3 saturated heterocycles. The van der Waals surface area contributed by atoms with Crippen LogP contribution in [0.2, 0.25) is 0 Å². The fourth-order valence-electron chi connectivity index (χ4n) is 7.01. The molecule has 0 aliphatic carbocycles. The lowest BCUT2D eigenvalue weighted by molar-refractivity contribution is -0.116. The summed E-state index contributed by atoms with van der Waals surface area (Å²) in [5, 5.41) is 18.9. The topological polar surface area (TPSA) is 175 Å². The summed E-state index contributed by atoms with van der Waals surface area (Å²) in [4.78, 5) is 42.7. The Kier molecular flexibility index (Phi) is 7.41. The van der Waals surface area contributed by atoms with Gasteiger partial charge in [0.05, 0.1) is 56.2 Å². The van der Waals surface area contributed by atoms with Crippen molar-refractivity contribution in [2.45, 2.75) is 31.5 Å². The van der Waals surface area contributed by atoms with E-state index in [1.807, 2.05) is 46.0 Å². The molecule has 0 saturated carbocycles. The van der Waals surface area contributed by atoms with Crippen LogP contribution in [0.1, 0.15) is 24.0 Å².